The van der Waals surface area contributed by atoms with E-state index in [2.05, 4.69) is 4.99 Å². The fourth-order valence-corrected chi connectivity index (χ4v) is 1.30. The van der Waals surface area contributed by atoms with Gasteiger partial charge in [-0.05, 0) is 30.8 Å². The minimum Gasteiger partial charge on any atom is -0.504 e. The zero-order chi connectivity index (χ0) is 12.1. The SMILES string of the molecule is C/C=N/[C@@H](Cc1ccc(O)c(O)c1)C(=O)O. The van der Waals surface area contributed by atoms with Crippen molar-refractivity contribution in [1.82, 2.24) is 0 Å². The second-order valence-electron chi connectivity index (χ2n) is 3.29. The number of benzene rings is 1. The predicted molar refractivity (Wildman–Crippen MR) is 59.1 cm³/mol. The van der Waals surface area contributed by atoms with E-state index >= 15 is 0 Å². The Morgan fingerprint density at radius 1 is 1.44 bits per heavy atom. The van der Waals surface area contributed by atoms with Gasteiger partial charge in [0.15, 0.2) is 17.5 Å². The van der Waals surface area contributed by atoms with Crippen LogP contribution < -0.4 is 0 Å². The van der Waals surface area contributed by atoms with E-state index in [9.17, 15) is 9.90 Å². The van der Waals surface area contributed by atoms with Crippen LogP contribution in [-0.4, -0.2) is 33.5 Å². The number of aliphatic carboxylic acids is 1. The second kappa shape index (κ2) is 5.16. The first kappa shape index (κ1) is 12.0. The van der Waals surface area contributed by atoms with Crippen LogP contribution in [0.3, 0.4) is 0 Å². The molecular formula is C11H13NO4. The first-order valence-corrected chi connectivity index (χ1v) is 4.76. The largest absolute Gasteiger partial charge is 0.504 e. The van der Waals surface area contributed by atoms with Crippen molar-refractivity contribution in [1.29, 1.82) is 0 Å². The number of carboxylic acid groups (broad SMARTS) is 1. The predicted octanol–water partition coefficient (Wildman–Crippen LogP) is 1.18. The lowest BCUT2D eigenvalue weighted by Gasteiger charge is -2.08. The van der Waals surface area contributed by atoms with Gasteiger partial charge in [0.05, 0.1) is 0 Å². The molecule has 0 spiro atoms. The summed E-state index contributed by atoms with van der Waals surface area (Å²) < 4.78 is 0. The van der Waals surface area contributed by atoms with Gasteiger partial charge in [0.2, 0.25) is 0 Å². The number of carboxylic acids is 1. The number of aliphatic imine (C=N–C) groups is 1. The van der Waals surface area contributed by atoms with E-state index in [0.717, 1.165) is 0 Å². The van der Waals surface area contributed by atoms with Gasteiger partial charge in [0, 0.05) is 6.42 Å². The fraction of sp³-hybridized carbons (Fsp3) is 0.273. The van der Waals surface area contributed by atoms with Crippen molar-refractivity contribution in [2.75, 3.05) is 0 Å². The molecule has 1 atom stereocenters. The van der Waals surface area contributed by atoms with Crippen LogP contribution in [0.4, 0.5) is 0 Å². The minimum atomic E-state index is -1.02. The molecule has 0 radical (unpaired) electrons. The Hall–Kier alpha value is -2.04. The molecule has 1 aromatic carbocycles. The molecule has 1 aromatic rings. The molecule has 16 heavy (non-hydrogen) atoms. The van der Waals surface area contributed by atoms with E-state index in [1.54, 1.807) is 13.0 Å². The third kappa shape index (κ3) is 2.98. The Kier molecular flexibility index (Phi) is 3.88. The van der Waals surface area contributed by atoms with E-state index in [0.29, 0.717) is 5.56 Å². The van der Waals surface area contributed by atoms with Gasteiger partial charge in [-0.3, -0.25) is 4.99 Å². The number of nitrogens with zero attached hydrogens (tertiary/aromatic N) is 1. The van der Waals surface area contributed by atoms with Crippen molar-refractivity contribution in [2.45, 2.75) is 19.4 Å². The fourth-order valence-electron chi connectivity index (χ4n) is 1.30. The number of carbonyl (C=O) groups is 1. The molecule has 0 aliphatic rings. The Bertz CT molecular complexity index is 414. The van der Waals surface area contributed by atoms with Crippen molar-refractivity contribution < 1.29 is 20.1 Å². The molecule has 0 saturated heterocycles. The topological polar surface area (TPSA) is 90.1 Å². The zero-order valence-electron chi connectivity index (χ0n) is 8.79. The lowest BCUT2D eigenvalue weighted by molar-refractivity contribution is -0.138. The number of phenols is 2. The first-order chi connectivity index (χ1) is 7.54. The summed E-state index contributed by atoms with van der Waals surface area (Å²) in [7, 11) is 0. The molecule has 0 saturated carbocycles. The molecule has 3 N–H and O–H groups in total. The van der Waals surface area contributed by atoms with Gasteiger partial charge in [-0.15, -0.1) is 0 Å². The van der Waals surface area contributed by atoms with Crippen LogP contribution >= 0.6 is 0 Å². The zero-order valence-corrected chi connectivity index (χ0v) is 8.79. The van der Waals surface area contributed by atoms with Crippen LogP contribution in [0.15, 0.2) is 23.2 Å². The highest BCUT2D eigenvalue weighted by molar-refractivity contribution is 5.76. The molecule has 86 valence electrons. The summed E-state index contributed by atoms with van der Waals surface area (Å²) in [6.45, 7) is 1.64. The molecule has 0 amide bonds. The smallest absolute Gasteiger partial charge is 0.328 e. The average Bonchev–Trinajstić information content (AvgIpc) is 2.22. The highest BCUT2D eigenvalue weighted by Crippen LogP contribution is 2.25. The third-order valence-electron chi connectivity index (χ3n) is 2.08. The third-order valence-corrected chi connectivity index (χ3v) is 2.08. The lowest BCUT2D eigenvalue weighted by Crippen LogP contribution is -2.20. The van der Waals surface area contributed by atoms with E-state index in [-0.39, 0.29) is 17.9 Å². The maximum Gasteiger partial charge on any atom is 0.328 e. The molecule has 1 rings (SSSR count). The van der Waals surface area contributed by atoms with E-state index in [1.807, 2.05) is 0 Å². The highest BCUT2D eigenvalue weighted by Gasteiger charge is 2.16. The summed E-state index contributed by atoms with van der Waals surface area (Å²) in [5, 5.41) is 27.2. The molecular weight excluding hydrogens is 210 g/mol. The molecule has 0 aromatic heterocycles. The monoisotopic (exact) mass is 223 g/mol. The van der Waals surface area contributed by atoms with Crippen LogP contribution in [0, 0.1) is 0 Å². The number of rotatable bonds is 4. The van der Waals surface area contributed by atoms with E-state index in [1.165, 1.54) is 18.3 Å². The summed E-state index contributed by atoms with van der Waals surface area (Å²) in [6, 6.07) is 3.33. The Morgan fingerprint density at radius 2 is 2.12 bits per heavy atom. The van der Waals surface area contributed by atoms with Crippen LogP contribution in [0.5, 0.6) is 11.5 Å². The van der Waals surface area contributed by atoms with E-state index in [4.69, 9.17) is 10.2 Å². The van der Waals surface area contributed by atoms with Crippen LogP contribution in [0.1, 0.15) is 12.5 Å². The van der Waals surface area contributed by atoms with Gasteiger partial charge in [0.25, 0.3) is 0 Å². The van der Waals surface area contributed by atoms with E-state index < -0.39 is 12.0 Å². The molecule has 0 aliphatic heterocycles. The lowest BCUT2D eigenvalue weighted by atomic mass is 10.1. The summed E-state index contributed by atoms with van der Waals surface area (Å²) in [5.74, 6) is -1.51. The molecule has 0 heterocycles. The van der Waals surface area contributed by atoms with Crippen molar-refractivity contribution in [3.63, 3.8) is 0 Å². The molecule has 0 bridgehead atoms. The summed E-state index contributed by atoms with van der Waals surface area (Å²) in [6.07, 6.45) is 1.60. The molecule has 5 nitrogen and oxygen atoms in total. The number of hydrogen-bond donors (Lipinski definition) is 3. The molecule has 0 fully saturated rings. The normalized spacial score (nSPS) is 12.8. The van der Waals surface area contributed by atoms with Crippen LogP contribution in [-0.2, 0) is 11.2 Å². The number of aromatic hydroxyl groups is 2. The summed E-state index contributed by atoms with van der Waals surface area (Å²) in [5.41, 5.74) is 0.605. The molecule has 0 unspecified atom stereocenters. The van der Waals surface area contributed by atoms with Gasteiger partial charge in [-0.1, -0.05) is 6.07 Å². The van der Waals surface area contributed by atoms with Gasteiger partial charge >= 0.3 is 5.97 Å². The van der Waals surface area contributed by atoms with Gasteiger partial charge in [0.1, 0.15) is 0 Å². The summed E-state index contributed by atoms with van der Waals surface area (Å²) >= 11 is 0. The molecule has 0 aliphatic carbocycles. The van der Waals surface area contributed by atoms with Gasteiger partial charge < -0.3 is 15.3 Å². The standard InChI is InChI=1S/C11H13NO4/c1-2-12-8(11(15)16)5-7-3-4-9(13)10(14)6-7/h2-4,6,8,13-14H,5H2,1H3,(H,15,16)/b12-2+/t8-/m0/s1. The Labute approximate surface area is 92.7 Å². The Morgan fingerprint density at radius 3 is 2.62 bits per heavy atom. The van der Waals surface area contributed by atoms with Crippen LogP contribution in [0.25, 0.3) is 0 Å². The molecule has 5 heteroatoms. The minimum absolute atomic E-state index is 0.174. The van der Waals surface area contributed by atoms with Crippen LogP contribution in [0.2, 0.25) is 0 Å². The second-order valence-corrected chi connectivity index (χ2v) is 3.29. The van der Waals surface area contributed by atoms with Gasteiger partial charge in [-0.25, -0.2) is 4.79 Å². The number of phenolic OH excluding ortho intramolecular Hbond substituents is 2. The highest BCUT2D eigenvalue weighted by atomic mass is 16.4. The summed E-state index contributed by atoms with van der Waals surface area (Å²) in [4.78, 5) is 14.6. The van der Waals surface area contributed by atoms with Crippen molar-refractivity contribution in [2.24, 2.45) is 4.99 Å². The first-order valence-electron chi connectivity index (χ1n) is 4.76. The Balaban J connectivity index is 2.85. The quantitative estimate of drug-likeness (QED) is 0.528. The van der Waals surface area contributed by atoms with Crippen molar-refractivity contribution in [3.05, 3.63) is 23.8 Å². The maximum atomic E-state index is 10.8. The van der Waals surface area contributed by atoms with Crippen molar-refractivity contribution >= 4 is 12.2 Å². The number of hydrogen-bond acceptors (Lipinski definition) is 4. The van der Waals surface area contributed by atoms with Gasteiger partial charge in [-0.2, -0.15) is 0 Å². The van der Waals surface area contributed by atoms with Crippen molar-refractivity contribution in [3.8, 4) is 11.5 Å². The average molecular weight is 223 g/mol. The maximum absolute atomic E-state index is 10.8.